The van der Waals surface area contributed by atoms with E-state index < -0.39 is 30.1 Å². The minimum Gasteiger partial charge on any atom is -0.458 e. The first kappa shape index (κ1) is 22.8. The summed E-state index contributed by atoms with van der Waals surface area (Å²) in [6, 6.07) is 3.48. The Morgan fingerprint density at radius 2 is 1.90 bits per heavy atom. The van der Waals surface area contributed by atoms with E-state index in [4.69, 9.17) is 15.6 Å². The van der Waals surface area contributed by atoms with Crippen LogP contribution in [-0.2, 0) is 16.0 Å². The van der Waals surface area contributed by atoms with Crippen molar-refractivity contribution in [2.24, 2.45) is 5.92 Å². The zero-order chi connectivity index (χ0) is 21.6. The molecule has 0 amide bonds. The number of hydrogen-bond acceptors (Lipinski definition) is 7. The molecule has 1 aliphatic heterocycles. The minimum atomic E-state index is -1.54. The van der Waals surface area contributed by atoms with Crippen LogP contribution in [0.4, 0.5) is 5.69 Å². The predicted octanol–water partition coefficient (Wildman–Crippen LogP) is 1.64. The van der Waals surface area contributed by atoms with E-state index in [1.165, 1.54) is 6.08 Å². The van der Waals surface area contributed by atoms with Crippen molar-refractivity contribution < 1.29 is 29.6 Å². The fourth-order valence-corrected chi connectivity index (χ4v) is 3.04. The van der Waals surface area contributed by atoms with Crippen LogP contribution < -0.4 is 5.73 Å². The van der Waals surface area contributed by atoms with E-state index >= 15 is 0 Å². The Kier molecular flexibility index (Phi) is 8.13. The first-order valence-corrected chi connectivity index (χ1v) is 9.73. The molecule has 158 valence electrons. The molecule has 1 aromatic carbocycles. The number of aliphatic hydroxyl groups excluding tert-OH is 3. The lowest BCUT2D eigenvalue weighted by Crippen LogP contribution is -2.32. The lowest BCUT2D eigenvalue weighted by molar-refractivity contribution is -0.127. The van der Waals surface area contributed by atoms with E-state index in [-0.39, 0.29) is 30.2 Å². The van der Waals surface area contributed by atoms with Gasteiger partial charge < -0.3 is 25.8 Å². The number of carbonyl (C=O) groups excluding carboxylic acids is 2. The Hall–Kier alpha value is -2.48. The third kappa shape index (κ3) is 6.00. The number of ketones is 1. The number of nitrogens with two attached hydrogens (primary N) is 1. The van der Waals surface area contributed by atoms with Crippen LogP contribution in [0.25, 0.3) is 6.08 Å². The number of carbonyl (C=O) groups is 2. The molecule has 1 aromatic rings. The van der Waals surface area contributed by atoms with Gasteiger partial charge in [0.15, 0.2) is 5.78 Å². The van der Waals surface area contributed by atoms with Gasteiger partial charge in [-0.25, -0.2) is 4.79 Å². The van der Waals surface area contributed by atoms with Crippen molar-refractivity contribution in [2.75, 3.05) is 12.3 Å². The summed E-state index contributed by atoms with van der Waals surface area (Å²) >= 11 is 0. The van der Waals surface area contributed by atoms with Crippen molar-refractivity contribution in [1.29, 1.82) is 0 Å². The number of ether oxygens (including phenoxy) is 1. The molecule has 0 spiro atoms. The SMILES string of the molecule is C[C@@H]1OC(=O)c2c(N)cc(CCCO)cc2/C=C/C[C@H](O)[C@H](O)C(=O)/C=C\[C@@H]1C. The topological polar surface area (TPSA) is 130 Å². The normalized spacial score (nSPS) is 28.2. The smallest absolute Gasteiger partial charge is 0.341 e. The highest BCUT2D eigenvalue weighted by atomic mass is 16.5. The first-order valence-electron chi connectivity index (χ1n) is 9.73. The van der Waals surface area contributed by atoms with Crippen molar-refractivity contribution in [2.45, 2.75) is 51.4 Å². The van der Waals surface area contributed by atoms with Crippen LogP contribution >= 0.6 is 0 Å². The van der Waals surface area contributed by atoms with Crippen LogP contribution in [0.5, 0.6) is 0 Å². The largest absolute Gasteiger partial charge is 0.458 e. The molecule has 1 heterocycles. The van der Waals surface area contributed by atoms with Gasteiger partial charge in [-0.3, -0.25) is 4.79 Å². The highest BCUT2D eigenvalue weighted by molar-refractivity contribution is 5.99. The molecule has 2 rings (SSSR count). The number of rotatable bonds is 3. The summed E-state index contributed by atoms with van der Waals surface area (Å²) in [5.74, 6) is -1.48. The number of hydrogen-bond donors (Lipinski definition) is 4. The molecule has 7 heteroatoms. The number of fused-ring (bicyclic) bond motifs is 1. The van der Waals surface area contributed by atoms with E-state index in [9.17, 15) is 19.8 Å². The van der Waals surface area contributed by atoms with Crippen LogP contribution in [-0.4, -0.2) is 52.0 Å². The van der Waals surface area contributed by atoms with Gasteiger partial charge in [0.25, 0.3) is 0 Å². The highest BCUT2D eigenvalue weighted by Gasteiger charge is 2.24. The number of aryl methyl sites for hydroxylation is 1. The summed E-state index contributed by atoms with van der Waals surface area (Å²) in [7, 11) is 0. The zero-order valence-electron chi connectivity index (χ0n) is 16.7. The Morgan fingerprint density at radius 1 is 1.17 bits per heavy atom. The molecule has 0 saturated carbocycles. The molecule has 0 bridgehead atoms. The molecule has 4 atom stereocenters. The molecule has 0 unspecified atom stereocenters. The van der Waals surface area contributed by atoms with Crippen LogP contribution in [0, 0.1) is 5.92 Å². The molecular formula is C22H29NO6. The van der Waals surface area contributed by atoms with Crippen LogP contribution in [0.3, 0.4) is 0 Å². The molecule has 5 N–H and O–H groups in total. The lowest BCUT2D eigenvalue weighted by Gasteiger charge is -2.20. The highest BCUT2D eigenvalue weighted by Crippen LogP contribution is 2.25. The number of cyclic esters (lactones) is 1. The van der Waals surface area contributed by atoms with Gasteiger partial charge in [-0.15, -0.1) is 0 Å². The number of benzene rings is 1. The van der Waals surface area contributed by atoms with Gasteiger partial charge >= 0.3 is 5.97 Å². The van der Waals surface area contributed by atoms with Crippen LogP contribution in [0.2, 0.25) is 0 Å². The standard InChI is InChI=1S/C22H29NO6/c1-13-8-9-19(26)21(27)18(25)7-3-6-16-11-15(5-4-10-24)12-17(23)20(16)22(28)29-14(13)2/h3,6,8-9,11-14,18,21,24-25,27H,4-5,7,10,23H2,1-2H3/b6-3+,9-8-/t13-,14-,18-,21-/m0/s1. The Balaban J connectivity index is 2.47. The summed E-state index contributed by atoms with van der Waals surface area (Å²) in [6.07, 6.45) is 3.74. The number of esters is 1. The summed E-state index contributed by atoms with van der Waals surface area (Å²) in [4.78, 5) is 24.8. The van der Waals surface area contributed by atoms with E-state index in [0.29, 0.717) is 18.4 Å². The van der Waals surface area contributed by atoms with Gasteiger partial charge in [0.1, 0.15) is 12.2 Å². The maximum absolute atomic E-state index is 12.8. The van der Waals surface area contributed by atoms with Crippen molar-refractivity contribution in [3.63, 3.8) is 0 Å². The first-order chi connectivity index (χ1) is 13.7. The van der Waals surface area contributed by atoms with Gasteiger partial charge in [-0.2, -0.15) is 0 Å². The Morgan fingerprint density at radius 3 is 2.59 bits per heavy atom. The molecule has 0 fully saturated rings. The third-order valence-electron chi connectivity index (χ3n) is 5.02. The molecule has 1 aliphatic rings. The lowest BCUT2D eigenvalue weighted by atomic mass is 9.97. The molecule has 0 saturated heterocycles. The number of anilines is 1. The fourth-order valence-electron chi connectivity index (χ4n) is 3.04. The van der Waals surface area contributed by atoms with Crippen molar-refractivity contribution in [3.8, 4) is 0 Å². The van der Waals surface area contributed by atoms with Gasteiger partial charge in [0, 0.05) is 18.2 Å². The number of nitrogen functional groups attached to an aromatic ring is 1. The summed E-state index contributed by atoms with van der Waals surface area (Å²) in [6.45, 7) is 3.52. The quantitative estimate of drug-likeness (QED) is 0.446. The average Bonchev–Trinajstić information content (AvgIpc) is 2.68. The molecule has 7 nitrogen and oxygen atoms in total. The number of aliphatic hydroxyl groups is 3. The minimum absolute atomic E-state index is 0.0158. The molecule has 0 radical (unpaired) electrons. The monoisotopic (exact) mass is 403 g/mol. The molecular weight excluding hydrogens is 374 g/mol. The van der Waals surface area contributed by atoms with Crippen molar-refractivity contribution in [3.05, 3.63) is 47.1 Å². The second-order valence-electron chi connectivity index (χ2n) is 7.36. The van der Waals surface area contributed by atoms with Crippen LogP contribution in [0.15, 0.2) is 30.4 Å². The fraction of sp³-hybridized carbons (Fsp3) is 0.455. The molecule has 0 aromatic heterocycles. The average molecular weight is 403 g/mol. The van der Waals surface area contributed by atoms with E-state index in [0.717, 1.165) is 5.56 Å². The Bertz CT molecular complexity index is 801. The van der Waals surface area contributed by atoms with Gasteiger partial charge in [0.05, 0.1) is 11.7 Å². The van der Waals surface area contributed by atoms with Gasteiger partial charge in [-0.1, -0.05) is 31.2 Å². The van der Waals surface area contributed by atoms with Crippen molar-refractivity contribution >= 4 is 23.5 Å². The maximum Gasteiger partial charge on any atom is 0.341 e. The maximum atomic E-state index is 12.8. The molecule has 29 heavy (non-hydrogen) atoms. The zero-order valence-corrected chi connectivity index (χ0v) is 16.7. The van der Waals surface area contributed by atoms with Crippen molar-refractivity contribution in [1.82, 2.24) is 0 Å². The van der Waals surface area contributed by atoms with E-state index in [2.05, 4.69) is 0 Å². The Labute approximate surface area is 170 Å². The van der Waals surface area contributed by atoms with Gasteiger partial charge in [-0.05, 0) is 49.5 Å². The van der Waals surface area contributed by atoms with E-state index in [1.54, 1.807) is 44.2 Å². The second-order valence-corrected chi connectivity index (χ2v) is 7.36. The summed E-state index contributed by atoms with van der Waals surface area (Å²) in [5, 5.41) is 29.2. The second kappa shape index (κ2) is 10.3. The molecule has 0 aliphatic carbocycles. The summed E-state index contributed by atoms with van der Waals surface area (Å²) < 4.78 is 5.55. The van der Waals surface area contributed by atoms with Gasteiger partial charge in [0.2, 0.25) is 0 Å². The summed E-state index contributed by atoms with van der Waals surface area (Å²) in [5.41, 5.74) is 8.01. The van der Waals surface area contributed by atoms with Crippen LogP contribution in [0.1, 0.15) is 48.2 Å². The predicted molar refractivity (Wildman–Crippen MR) is 110 cm³/mol. The van der Waals surface area contributed by atoms with E-state index in [1.807, 2.05) is 0 Å². The third-order valence-corrected chi connectivity index (χ3v) is 5.02.